The molecule has 0 aromatic carbocycles. The molecule has 98 valence electrons. The average molecular weight is 261 g/mol. The second kappa shape index (κ2) is 6.96. The van der Waals surface area contributed by atoms with Crippen molar-refractivity contribution < 1.29 is 4.74 Å². The topological polar surface area (TPSA) is 65.1 Å². The molecule has 0 aliphatic rings. The van der Waals surface area contributed by atoms with Gasteiger partial charge in [-0.1, -0.05) is 11.6 Å². The van der Waals surface area contributed by atoms with E-state index in [0.717, 1.165) is 18.5 Å². The summed E-state index contributed by atoms with van der Waals surface area (Å²) in [6.07, 6.45) is 3.45. The molecule has 6 heteroatoms. The lowest BCUT2D eigenvalue weighted by Gasteiger charge is -2.20. The second-order valence-corrected chi connectivity index (χ2v) is 4.68. The number of nitrogens with two attached hydrogens (primary N) is 1. The van der Waals surface area contributed by atoms with Crippen LogP contribution in [0.5, 0.6) is 0 Å². The van der Waals surface area contributed by atoms with Gasteiger partial charge in [0, 0.05) is 19.8 Å². The molecule has 1 aromatic rings. The maximum absolute atomic E-state index is 6.17. The summed E-state index contributed by atoms with van der Waals surface area (Å²) in [6, 6.07) is 0.262. The molecule has 1 atom stereocenters. The summed E-state index contributed by atoms with van der Waals surface area (Å²) in [6.45, 7) is 4.84. The fraction of sp³-hybridized carbons (Fsp3) is 0.727. The molecule has 0 saturated heterocycles. The molecular weight excluding hydrogens is 240 g/mol. The van der Waals surface area contributed by atoms with E-state index in [1.54, 1.807) is 13.3 Å². The lowest BCUT2D eigenvalue weighted by Crippen LogP contribution is -2.30. The molecule has 1 unspecified atom stereocenters. The number of aromatic nitrogens is 2. The van der Waals surface area contributed by atoms with Gasteiger partial charge in [0.05, 0.1) is 23.0 Å². The van der Waals surface area contributed by atoms with E-state index in [1.165, 1.54) is 0 Å². The lowest BCUT2D eigenvalue weighted by atomic mass is 10.1. The third kappa shape index (κ3) is 3.67. The molecule has 0 amide bonds. The van der Waals surface area contributed by atoms with Crippen LogP contribution in [0.25, 0.3) is 0 Å². The highest BCUT2D eigenvalue weighted by atomic mass is 35.5. The van der Waals surface area contributed by atoms with Gasteiger partial charge in [0.2, 0.25) is 0 Å². The summed E-state index contributed by atoms with van der Waals surface area (Å²) >= 11 is 6.17. The van der Waals surface area contributed by atoms with Gasteiger partial charge in [0.25, 0.3) is 0 Å². The zero-order valence-corrected chi connectivity index (χ0v) is 11.4. The minimum Gasteiger partial charge on any atom is -0.385 e. The van der Waals surface area contributed by atoms with Crippen LogP contribution in [0.1, 0.15) is 44.5 Å². The van der Waals surface area contributed by atoms with E-state index in [2.05, 4.69) is 24.4 Å². The van der Waals surface area contributed by atoms with Gasteiger partial charge in [0.1, 0.15) is 0 Å². The van der Waals surface area contributed by atoms with Gasteiger partial charge in [-0.2, -0.15) is 5.10 Å². The Morgan fingerprint density at radius 2 is 2.29 bits per heavy atom. The summed E-state index contributed by atoms with van der Waals surface area (Å²) < 4.78 is 6.94. The molecule has 0 aliphatic carbocycles. The molecule has 3 N–H and O–H groups in total. The van der Waals surface area contributed by atoms with E-state index in [1.807, 2.05) is 4.68 Å². The van der Waals surface area contributed by atoms with E-state index in [9.17, 15) is 0 Å². The summed E-state index contributed by atoms with van der Waals surface area (Å²) in [5.41, 5.74) is 3.74. The van der Waals surface area contributed by atoms with E-state index >= 15 is 0 Å². The van der Waals surface area contributed by atoms with Crippen LogP contribution in [0.3, 0.4) is 0 Å². The predicted octanol–water partition coefficient (Wildman–Crippen LogP) is 2.05. The van der Waals surface area contributed by atoms with Crippen LogP contribution < -0.4 is 11.3 Å². The Bertz CT molecular complexity index is 340. The van der Waals surface area contributed by atoms with Crippen LogP contribution in [0.2, 0.25) is 5.02 Å². The van der Waals surface area contributed by atoms with Crippen molar-refractivity contribution in [2.75, 3.05) is 13.7 Å². The maximum Gasteiger partial charge on any atom is 0.0834 e. The minimum absolute atomic E-state index is 0.00236. The molecule has 0 bridgehead atoms. The fourth-order valence-electron chi connectivity index (χ4n) is 1.82. The SMILES string of the molecule is COCCCC(NN)c1c(Cl)cnn1C(C)C. The first kappa shape index (κ1) is 14.4. The smallest absolute Gasteiger partial charge is 0.0834 e. The van der Waals surface area contributed by atoms with Crippen molar-refractivity contribution in [2.45, 2.75) is 38.8 Å². The number of nitrogens with zero attached hydrogens (tertiary/aromatic N) is 2. The largest absolute Gasteiger partial charge is 0.385 e. The number of halogens is 1. The van der Waals surface area contributed by atoms with Crippen LogP contribution in [-0.2, 0) is 4.74 Å². The Morgan fingerprint density at radius 1 is 1.59 bits per heavy atom. The third-order valence-corrected chi connectivity index (χ3v) is 2.94. The molecule has 1 rings (SSSR count). The Morgan fingerprint density at radius 3 is 2.82 bits per heavy atom. The summed E-state index contributed by atoms with van der Waals surface area (Å²) in [7, 11) is 1.69. The van der Waals surface area contributed by atoms with E-state index in [0.29, 0.717) is 11.6 Å². The highest BCUT2D eigenvalue weighted by Gasteiger charge is 2.20. The normalized spacial score (nSPS) is 13.3. The number of methoxy groups -OCH3 is 1. The third-order valence-electron chi connectivity index (χ3n) is 2.65. The van der Waals surface area contributed by atoms with Gasteiger partial charge in [-0.05, 0) is 26.7 Å². The number of ether oxygens (including phenoxy) is 1. The van der Waals surface area contributed by atoms with E-state index < -0.39 is 0 Å². The van der Waals surface area contributed by atoms with Crippen molar-refractivity contribution in [1.29, 1.82) is 0 Å². The first-order valence-electron chi connectivity index (χ1n) is 5.79. The summed E-state index contributed by atoms with van der Waals surface area (Å²) in [4.78, 5) is 0. The average Bonchev–Trinajstić information content (AvgIpc) is 2.67. The lowest BCUT2D eigenvalue weighted by molar-refractivity contribution is 0.188. The van der Waals surface area contributed by atoms with Crippen molar-refractivity contribution >= 4 is 11.6 Å². The summed E-state index contributed by atoms with van der Waals surface area (Å²) in [5.74, 6) is 5.59. The minimum atomic E-state index is 0.00236. The fourth-order valence-corrected chi connectivity index (χ4v) is 2.08. The van der Waals surface area contributed by atoms with Crippen molar-refractivity contribution in [3.8, 4) is 0 Å². The van der Waals surface area contributed by atoms with Crippen LogP contribution in [0, 0.1) is 0 Å². The van der Waals surface area contributed by atoms with Gasteiger partial charge in [-0.25, -0.2) is 0 Å². The van der Waals surface area contributed by atoms with Crippen molar-refractivity contribution in [2.24, 2.45) is 5.84 Å². The molecule has 17 heavy (non-hydrogen) atoms. The molecule has 5 nitrogen and oxygen atoms in total. The van der Waals surface area contributed by atoms with Gasteiger partial charge in [0.15, 0.2) is 0 Å². The van der Waals surface area contributed by atoms with Crippen molar-refractivity contribution in [3.05, 3.63) is 16.9 Å². The van der Waals surface area contributed by atoms with Crippen LogP contribution >= 0.6 is 11.6 Å². The second-order valence-electron chi connectivity index (χ2n) is 4.27. The van der Waals surface area contributed by atoms with E-state index in [4.69, 9.17) is 22.2 Å². The number of nitrogens with one attached hydrogen (secondary N) is 1. The van der Waals surface area contributed by atoms with Gasteiger partial charge < -0.3 is 4.74 Å². The van der Waals surface area contributed by atoms with Crippen molar-refractivity contribution in [1.82, 2.24) is 15.2 Å². The molecule has 0 aliphatic heterocycles. The number of rotatable bonds is 7. The van der Waals surface area contributed by atoms with Gasteiger partial charge >= 0.3 is 0 Å². The highest BCUT2D eigenvalue weighted by Crippen LogP contribution is 2.27. The molecular formula is C11H21ClN4O. The van der Waals surface area contributed by atoms with Gasteiger partial charge in [-0.3, -0.25) is 16.0 Å². The Hall–Kier alpha value is -0.620. The molecule has 1 aromatic heterocycles. The molecule has 0 saturated carbocycles. The standard InChI is InChI=1S/C11H21ClN4O/c1-8(2)16-11(9(12)7-14-16)10(15-13)5-4-6-17-3/h7-8,10,15H,4-6,13H2,1-3H3. The first-order valence-corrected chi connectivity index (χ1v) is 6.17. The zero-order chi connectivity index (χ0) is 12.8. The maximum atomic E-state index is 6.17. The van der Waals surface area contributed by atoms with Gasteiger partial charge in [-0.15, -0.1) is 0 Å². The first-order chi connectivity index (χ1) is 8.11. The highest BCUT2D eigenvalue weighted by molar-refractivity contribution is 6.31. The van der Waals surface area contributed by atoms with Crippen LogP contribution in [-0.4, -0.2) is 23.5 Å². The predicted molar refractivity (Wildman–Crippen MR) is 68.8 cm³/mol. The van der Waals surface area contributed by atoms with Crippen molar-refractivity contribution in [3.63, 3.8) is 0 Å². The number of hydrogen-bond donors (Lipinski definition) is 2. The number of hydrazine groups is 1. The monoisotopic (exact) mass is 260 g/mol. The van der Waals surface area contributed by atoms with E-state index in [-0.39, 0.29) is 12.1 Å². The molecule has 1 heterocycles. The number of hydrogen-bond acceptors (Lipinski definition) is 4. The Kier molecular flexibility index (Phi) is 5.91. The summed E-state index contributed by atoms with van der Waals surface area (Å²) in [5, 5.41) is 4.92. The van der Waals surface area contributed by atoms with Crippen LogP contribution in [0.15, 0.2) is 6.20 Å². The molecule has 0 fully saturated rings. The zero-order valence-electron chi connectivity index (χ0n) is 10.6. The Balaban J connectivity index is 2.82. The Labute approximate surface area is 107 Å². The quantitative estimate of drug-likeness (QED) is 0.447. The molecule has 0 radical (unpaired) electrons. The molecule has 0 spiro atoms. The van der Waals surface area contributed by atoms with Crippen LogP contribution in [0.4, 0.5) is 0 Å².